The van der Waals surface area contributed by atoms with Crippen LogP contribution in [-0.2, 0) is 6.42 Å². The number of hydrogen-bond donors (Lipinski definition) is 0. The number of allylic oxidation sites excluding steroid dienone is 1. The summed E-state index contributed by atoms with van der Waals surface area (Å²) in [6.07, 6.45) is 0.890. The molecular formula is C10H11. The molecule has 10 heavy (non-hydrogen) atoms. The van der Waals surface area contributed by atoms with E-state index in [1.54, 1.807) is 0 Å². The average Bonchev–Trinajstić information content (AvgIpc) is 1.88. The third kappa shape index (κ3) is 2.06. The molecule has 0 bridgehead atoms. The molecule has 0 atom stereocenters. The lowest BCUT2D eigenvalue weighted by Crippen LogP contribution is -1.82. The maximum Gasteiger partial charge on any atom is -0.00697 e. The molecule has 1 aromatic rings. The highest BCUT2D eigenvalue weighted by atomic mass is 13.9. The molecule has 1 radical (unpaired) electrons. The van der Waals surface area contributed by atoms with Crippen molar-refractivity contribution in [3.05, 3.63) is 55.0 Å². The van der Waals surface area contributed by atoms with Crippen molar-refractivity contribution in [2.75, 3.05) is 0 Å². The number of benzene rings is 1. The summed E-state index contributed by atoms with van der Waals surface area (Å²) in [4.78, 5) is 0. The highest BCUT2D eigenvalue weighted by Gasteiger charge is 1.88. The van der Waals surface area contributed by atoms with E-state index in [1.165, 1.54) is 5.56 Å². The Morgan fingerprint density at radius 1 is 1.20 bits per heavy atom. The lowest BCUT2D eigenvalue weighted by molar-refractivity contribution is 1.21. The first-order valence-corrected chi connectivity index (χ1v) is 3.32. The van der Waals surface area contributed by atoms with Gasteiger partial charge in [0.25, 0.3) is 0 Å². The van der Waals surface area contributed by atoms with Crippen molar-refractivity contribution in [1.29, 1.82) is 0 Å². The van der Waals surface area contributed by atoms with Crippen molar-refractivity contribution in [2.45, 2.75) is 6.42 Å². The van der Waals surface area contributed by atoms with Crippen molar-refractivity contribution in [3.63, 3.8) is 0 Å². The molecule has 0 spiro atoms. The Balaban J connectivity index is 2.67. The molecule has 0 unspecified atom stereocenters. The lowest BCUT2D eigenvalue weighted by atomic mass is 10.1. The molecule has 0 heterocycles. The Morgan fingerprint density at radius 2 is 1.80 bits per heavy atom. The van der Waals surface area contributed by atoms with Gasteiger partial charge in [0, 0.05) is 0 Å². The first kappa shape index (κ1) is 7.07. The molecule has 0 heteroatoms. The molecule has 0 aliphatic heterocycles. The van der Waals surface area contributed by atoms with Gasteiger partial charge >= 0.3 is 0 Å². The van der Waals surface area contributed by atoms with E-state index in [0.717, 1.165) is 12.0 Å². The Kier molecular flexibility index (Phi) is 2.27. The molecule has 0 saturated carbocycles. The van der Waals surface area contributed by atoms with Gasteiger partial charge in [-0.2, -0.15) is 0 Å². The predicted octanol–water partition coefficient (Wildman–Crippen LogP) is 2.62. The van der Waals surface area contributed by atoms with Crippen LogP contribution in [0.4, 0.5) is 0 Å². The van der Waals surface area contributed by atoms with Crippen LogP contribution in [0.25, 0.3) is 0 Å². The summed E-state index contributed by atoms with van der Waals surface area (Å²) >= 11 is 0. The Hall–Kier alpha value is -1.04. The normalized spacial score (nSPS) is 9.30. The van der Waals surface area contributed by atoms with Gasteiger partial charge in [-0.05, 0) is 18.9 Å². The average molecular weight is 131 g/mol. The summed E-state index contributed by atoms with van der Waals surface area (Å²) in [6.45, 7) is 7.48. The minimum atomic E-state index is 0.890. The fourth-order valence-corrected chi connectivity index (χ4v) is 0.885. The molecule has 0 amide bonds. The van der Waals surface area contributed by atoms with Crippen molar-refractivity contribution in [1.82, 2.24) is 0 Å². The Bertz CT molecular complexity index is 209. The van der Waals surface area contributed by atoms with Gasteiger partial charge in [0.2, 0.25) is 0 Å². The first-order valence-electron chi connectivity index (χ1n) is 3.32. The van der Waals surface area contributed by atoms with Crippen LogP contribution in [0, 0.1) is 6.92 Å². The van der Waals surface area contributed by atoms with Crippen molar-refractivity contribution < 1.29 is 0 Å². The van der Waals surface area contributed by atoms with Crippen LogP contribution >= 0.6 is 0 Å². The Morgan fingerprint density at radius 3 is 2.30 bits per heavy atom. The predicted molar refractivity (Wildman–Crippen MR) is 44.6 cm³/mol. The number of hydrogen-bond acceptors (Lipinski definition) is 0. The van der Waals surface area contributed by atoms with Crippen LogP contribution in [0.15, 0.2) is 42.5 Å². The SMILES string of the molecule is [CH2]C(=C)Cc1ccccc1. The van der Waals surface area contributed by atoms with Crippen LogP contribution in [0.2, 0.25) is 0 Å². The molecule has 51 valence electrons. The smallest absolute Gasteiger partial charge is 0.00697 e. The van der Waals surface area contributed by atoms with E-state index in [-0.39, 0.29) is 0 Å². The van der Waals surface area contributed by atoms with E-state index in [1.807, 2.05) is 18.2 Å². The monoisotopic (exact) mass is 131 g/mol. The standard InChI is InChI=1S/C10H11/c1-9(2)8-10-6-4-3-5-7-10/h3-7H,1-2,8H2. The summed E-state index contributed by atoms with van der Waals surface area (Å²) in [6, 6.07) is 10.2. The molecule has 0 aromatic heterocycles. The molecule has 0 N–H and O–H groups in total. The third-order valence-corrected chi connectivity index (χ3v) is 1.30. The minimum Gasteiger partial charge on any atom is -0.0995 e. The van der Waals surface area contributed by atoms with Crippen LogP contribution in [-0.4, -0.2) is 0 Å². The topological polar surface area (TPSA) is 0 Å². The van der Waals surface area contributed by atoms with Gasteiger partial charge in [-0.1, -0.05) is 42.5 Å². The summed E-state index contributed by atoms with van der Waals surface area (Å²) in [5.41, 5.74) is 2.24. The maximum absolute atomic E-state index is 3.74. The number of rotatable bonds is 2. The van der Waals surface area contributed by atoms with Gasteiger partial charge in [0.1, 0.15) is 0 Å². The Labute approximate surface area is 62.2 Å². The molecular weight excluding hydrogens is 120 g/mol. The summed E-state index contributed by atoms with van der Waals surface area (Å²) < 4.78 is 0. The molecule has 0 nitrogen and oxygen atoms in total. The van der Waals surface area contributed by atoms with Crippen LogP contribution < -0.4 is 0 Å². The third-order valence-electron chi connectivity index (χ3n) is 1.30. The highest BCUT2D eigenvalue weighted by Crippen LogP contribution is 2.03. The van der Waals surface area contributed by atoms with E-state index >= 15 is 0 Å². The van der Waals surface area contributed by atoms with E-state index < -0.39 is 0 Å². The fraction of sp³-hybridized carbons (Fsp3) is 0.100. The molecule has 0 fully saturated rings. The van der Waals surface area contributed by atoms with Gasteiger partial charge in [-0.15, -0.1) is 0 Å². The quantitative estimate of drug-likeness (QED) is 0.578. The van der Waals surface area contributed by atoms with E-state index in [9.17, 15) is 0 Å². The van der Waals surface area contributed by atoms with E-state index in [0.29, 0.717) is 0 Å². The maximum atomic E-state index is 3.74. The molecule has 0 aliphatic carbocycles. The van der Waals surface area contributed by atoms with Crippen molar-refractivity contribution in [3.8, 4) is 0 Å². The van der Waals surface area contributed by atoms with Gasteiger partial charge in [-0.3, -0.25) is 0 Å². The van der Waals surface area contributed by atoms with E-state index in [4.69, 9.17) is 0 Å². The molecule has 1 rings (SSSR count). The minimum absolute atomic E-state index is 0.890. The molecule has 0 aliphatic rings. The lowest BCUT2D eigenvalue weighted by Gasteiger charge is -1.97. The van der Waals surface area contributed by atoms with Gasteiger partial charge in [0.05, 0.1) is 0 Å². The van der Waals surface area contributed by atoms with Gasteiger partial charge < -0.3 is 0 Å². The summed E-state index contributed by atoms with van der Waals surface area (Å²) in [5, 5.41) is 0. The van der Waals surface area contributed by atoms with Crippen molar-refractivity contribution in [2.24, 2.45) is 0 Å². The van der Waals surface area contributed by atoms with Crippen LogP contribution in [0.3, 0.4) is 0 Å². The second-order valence-corrected chi connectivity index (χ2v) is 2.41. The van der Waals surface area contributed by atoms with Gasteiger partial charge in [0.15, 0.2) is 0 Å². The van der Waals surface area contributed by atoms with Crippen molar-refractivity contribution >= 4 is 0 Å². The summed E-state index contributed by atoms with van der Waals surface area (Å²) in [5.74, 6) is 0. The van der Waals surface area contributed by atoms with Crippen LogP contribution in [0.1, 0.15) is 5.56 Å². The fourth-order valence-electron chi connectivity index (χ4n) is 0.885. The molecule has 0 saturated heterocycles. The second-order valence-electron chi connectivity index (χ2n) is 2.41. The summed E-state index contributed by atoms with van der Waals surface area (Å²) in [7, 11) is 0. The van der Waals surface area contributed by atoms with Crippen LogP contribution in [0.5, 0.6) is 0 Å². The second kappa shape index (κ2) is 3.21. The zero-order chi connectivity index (χ0) is 7.40. The molecule has 1 aromatic carbocycles. The van der Waals surface area contributed by atoms with E-state index in [2.05, 4.69) is 25.6 Å². The zero-order valence-corrected chi connectivity index (χ0v) is 6.01. The van der Waals surface area contributed by atoms with Gasteiger partial charge in [-0.25, -0.2) is 0 Å². The largest absolute Gasteiger partial charge is 0.0995 e. The zero-order valence-electron chi connectivity index (χ0n) is 6.01. The highest BCUT2D eigenvalue weighted by molar-refractivity contribution is 5.21. The first-order chi connectivity index (χ1) is 4.79.